The van der Waals surface area contributed by atoms with Crippen LogP contribution in [0.5, 0.6) is 0 Å². The topological polar surface area (TPSA) is 42.2 Å². The normalized spacial score (nSPS) is 10.5. The Bertz CT molecular complexity index is 328. The molecule has 3 nitrogen and oxygen atoms in total. The summed E-state index contributed by atoms with van der Waals surface area (Å²) in [6.45, 7) is 3.84. The van der Waals surface area contributed by atoms with Crippen LogP contribution >= 0.6 is 15.9 Å². The second kappa shape index (κ2) is 6.86. The van der Waals surface area contributed by atoms with E-state index in [-0.39, 0.29) is 0 Å². The molecule has 90 valence electrons. The molecule has 0 aromatic carbocycles. The minimum Gasteiger partial charge on any atom is -0.360 e. The number of halogens is 1. The number of aromatic nitrogens is 1. The first kappa shape index (κ1) is 13.5. The maximum atomic E-state index is 5.46. The Labute approximate surface area is 106 Å². The Kier molecular flexibility index (Phi) is 5.77. The molecule has 0 fully saturated rings. The van der Waals surface area contributed by atoms with Crippen LogP contribution in [0.15, 0.2) is 16.6 Å². The van der Waals surface area contributed by atoms with E-state index in [1.807, 2.05) is 19.1 Å². The van der Waals surface area contributed by atoms with Gasteiger partial charge in [0.05, 0.1) is 5.69 Å². The average molecular weight is 286 g/mol. The molecule has 0 spiro atoms. The fourth-order valence-electron chi connectivity index (χ4n) is 1.53. The summed E-state index contributed by atoms with van der Waals surface area (Å²) in [5.74, 6) is 1.04. The Hall–Kier alpha value is -0.610. The minimum atomic E-state index is 0.791. The predicted molar refractivity (Wildman–Crippen MR) is 72.8 cm³/mol. The number of anilines is 1. The van der Waals surface area contributed by atoms with E-state index < -0.39 is 0 Å². The molecule has 0 bridgehead atoms. The van der Waals surface area contributed by atoms with E-state index in [9.17, 15) is 0 Å². The highest BCUT2D eigenvalue weighted by Crippen LogP contribution is 2.18. The molecule has 4 heteroatoms. The molecular weight excluding hydrogens is 266 g/mol. The first-order valence-electron chi connectivity index (χ1n) is 5.69. The molecular formula is C12H20BrN3. The van der Waals surface area contributed by atoms with Crippen molar-refractivity contribution in [3.63, 3.8) is 0 Å². The van der Waals surface area contributed by atoms with E-state index in [1.54, 1.807) is 0 Å². The molecule has 0 saturated carbocycles. The molecule has 1 heterocycles. The molecule has 1 aromatic rings. The Morgan fingerprint density at radius 1 is 1.31 bits per heavy atom. The van der Waals surface area contributed by atoms with Gasteiger partial charge >= 0.3 is 0 Å². The van der Waals surface area contributed by atoms with Gasteiger partial charge in [0.15, 0.2) is 0 Å². The van der Waals surface area contributed by atoms with Crippen LogP contribution in [0.3, 0.4) is 0 Å². The Morgan fingerprint density at radius 2 is 2.06 bits per heavy atom. The highest BCUT2D eigenvalue weighted by Gasteiger charge is 2.03. The number of unbranched alkanes of at least 4 members (excludes halogenated alkanes) is 2. The number of pyridine rings is 1. The van der Waals surface area contributed by atoms with Crippen LogP contribution in [0.25, 0.3) is 0 Å². The zero-order valence-electron chi connectivity index (χ0n) is 10.0. The summed E-state index contributed by atoms with van der Waals surface area (Å²) >= 11 is 3.46. The summed E-state index contributed by atoms with van der Waals surface area (Å²) in [7, 11) is 2.08. The van der Waals surface area contributed by atoms with Gasteiger partial charge < -0.3 is 10.6 Å². The van der Waals surface area contributed by atoms with Crippen LogP contribution in [0, 0.1) is 6.92 Å². The van der Waals surface area contributed by atoms with Gasteiger partial charge in [0.1, 0.15) is 5.82 Å². The van der Waals surface area contributed by atoms with Crippen molar-refractivity contribution in [1.82, 2.24) is 4.98 Å². The third kappa shape index (κ3) is 4.10. The first-order chi connectivity index (χ1) is 7.65. The van der Waals surface area contributed by atoms with Crippen LogP contribution in [0.4, 0.5) is 5.82 Å². The van der Waals surface area contributed by atoms with Crippen molar-refractivity contribution in [2.75, 3.05) is 25.0 Å². The molecule has 1 aromatic heterocycles. The van der Waals surface area contributed by atoms with E-state index in [0.717, 1.165) is 35.5 Å². The van der Waals surface area contributed by atoms with Crippen molar-refractivity contribution in [2.24, 2.45) is 5.73 Å². The van der Waals surface area contributed by atoms with Crippen molar-refractivity contribution in [2.45, 2.75) is 26.2 Å². The van der Waals surface area contributed by atoms with Gasteiger partial charge in [0.25, 0.3) is 0 Å². The fraction of sp³-hybridized carbons (Fsp3) is 0.583. The molecule has 2 N–H and O–H groups in total. The third-order valence-corrected chi connectivity index (χ3v) is 3.43. The van der Waals surface area contributed by atoms with Crippen molar-refractivity contribution in [3.8, 4) is 0 Å². The molecule has 1 rings (SSSR count). The SMILES string of the molecule is Cc1nc(N(C)CCCCCN)ccc1Br. The lowest BCUT2D eigenvalue weighted by Crippen LogP contribution is -2.20. The number of rotatable bonds is 6. The highest BCUT2D eigenvalue weighted by atomic mass is 79.9. The molecule has 0 saturated heterocycles. The quantitative estimate of drug-likeness (QED) is 0.818. The van der Waals surface area contributed by atoms with Crippen LogP contribution in [0.1, 0.15) is 25.0 Å². The summed E-state index contributed by atoms with van der Waals surface area (Å²) in [5, 5.41) is 0. The Balaban J connectivity index is 2.46. The van der Waals surface area contributed by atoms with Crippen LogP contribution < -0.4 is 10.6 Å². The lowest BCUT2D eigenvalue weighted by Gasteiger charge is -2.18. The molecule has 0 aliphatic rings. The van der Waals surface area contributed by atoms with Gasteiger partial charge in [-0.05, 0) is 54.4 Å². The molecule has 0 amide bonds. The molecule has 0 atom stereocenters. The number of nitrogens with zero attached hydrogens (tertiary/aromatic N) is 2. The van der Waals surface area contributed by atoms with Gasteiger partial charge in [0, 0.05) is 18.1 Å². The van der Waals surface area contributed by atoms with E-state index >= 15 is 0 Å². The van der Waals surface area contributed by atoms with Crippen molar-refractivity contribution in [1.29, 1.82) is 0 Å². The van der Waals surface area contributed by atoms with Crippen LogP contribution in [-0.4, -0.2) is 25.1 Å². The van der Waals surface area contributed by atoms with E-state index in [0.29, 0.717) is 0 Å². The number of hydrogen-bond donors (Lipinski definition) is 1. The van der Waals surface area contributed by atoms with Gasteiger partial charge in [-0.15, -0.1) is 0 Å². The number of aryl methyl sites for hydroxylation is 1. The second-order valence-corrected chi connectivity index (χ2v) is 4.86. The lowest BCUT2D eigenvalue weighted by molar-refractivity contribution is 0.676. The minimum absolute atomic E-state index is 0.791. The van der Waals surface area contributed by atoms with Crippen LogP contribution in [-0.2, 0) is 0 Å². The van der Waals surface area contributed by atoms with Crippen molar-refractivity contribution in [3.05, 3.63) is 22.3 Å². The molecule has 0 aliphatic heterocycles. The fourth-order valence-corrected chi connectivity index (χ4v) is 1.75. The van der Waals surface area contributed by atoms with E-state index in [2.05, 4.69) is 32.9 Å². The molecule has 16 heavy (non-hydrogen) atoms. The Morgan fingerprint density at radius 3 is 2.69 bits per heavy atom. The van der Waals surface area contributed by atoms with Gasteiger partial charge in [-0.1, -0.05) is 6.42 Å². The van der Waals surface area contributed by atoms with E-state index in [1.165, 1.54) is 12.8 Å². The smallest absolute Gasteiger partial charge is 0.128 e. The highest BCUT2D eigenvalue weighted by molar-refractivity contribution is 9.10. The van der Waals surface area contributed by atoms with Gasteiger partial charge in [-0.25, -0.2) is 4.98 Å². The zero-order valence-corrected chi connectivity index (χ0v) is 11.6. The number of hydrogen-bond acceptors (Lipinski definition) is 3. The van der Waals surface area contributed by atoms with Crippen LogP contribution in [0.2, 0.25) is 0 Å². The maximum Gasteiger partial charge on any atom is 0.128 e. The van der Waals surface area contributed by atoms with E-state index in [4.69, 9.17) is 5.73 Å². The summed E-state index contributed by atoms with van der Waals surface area (Å²) in [6.07, 6.45) is 3.47. The molecule has 0 unspecified atom stereocenters. The molecule has 0 radical (unpaired) electrons. The standard InChI is InChI=1S/C12H20BrN3/c1-10-11(13)6-7-12(15-10)16(2)9-5-3-4-8-14/h6-7H,3-5,8-9,14H2,1-2H3. The summed E-state index contributed by atoms with van der Waals surface area (Å²) < 4.78 is 1.06. The van der Waals surface area contributed by atoms with Crippen molar-refractivity contribution < 1.29 is 0 Å². The van der Waals surface area contributed by atoms with Gasteiger partial charge in [-0.3, -0.25) is 0 Å². The summed E-state index contributed by atoms with van der Waals surface area (Å²) in [4.78, 5) is 6.72. The third-order valence-electron chi connectivity index (χ3n) is 2.60. The lowest BCUT2D eigenvalue weighted by atomic mass is 10.2. The van der Waals surface area contributed by atoms with Gasteiger partial charge in [-0.2, -0.15) is 0 Å². The summed E-state index contributed by atoms with van der Waals surface area (Å²) in [5.41, 5.74) is 6.50. The summed E-state index contributed by atoms with van der Waals surface area (Å²) in [6, 6.07) is 4.09. The maximum absolute atomic E-state index is 5.46. The predicted octanol–water partition coefficient (Wildman–Crippen LogP) is 2.72. The second-order valence-electron chi connectivity index (χ2n) is 4.01. The monoisotopic (exact) mass is 285 g/mol. The number of nitrogens with two attached hydrogens (primary N) is 1. The van der Waals surface area contributed by atoms with Crippen molar-refractivity contribution >= 4 is 21.7 Å². The molecule has 0 aliphatic carbocycles. The zero-order chi connectivity index (χ0) is 12.0. The van der Waals surface area contributed by atoms with Gasteiger partial charge in [0.2, 0.25) is 0 Å². The largest absolute Gasteiger partial charge is 0.360 e. The average Bonchev–Trinajstić information content (AvgIpc) is 2.28. The first-order valence-corrected chi connectivity index (χ1v) is 6.49.